The quantitative estimate of drug-likeness (QED) is 0.656. The molecule has 2 aromatic carbocycles. The molecule has 0 aliphatic rings. The summed E-state index contributed by atoms with van der Waals surface area (Å²) in [4.78, 5) is 0. The molecule has 0 atom stereocenters. The van der Waals surface area contributed by atoms with Crippen LogP contribution in [0.5, 0.6) is 0 Å². The maximum absolute atomic E-state index is 13.6. The third-order valence-corrected chi connectivity index (χ3v) is 4.89. The molecule has 0 saturated heterocycles. The van der Waals surface area contributed by atoms with E-state index in [9.17, 15) is 13.2 Å². The summed E-state index contributed by atoms with van der Waals surface area (Å²) in [5.74, 6) is -1.81. The van der Waals surface area contributed by atoms with E-state index < -0.39 is 11.6 Å². The lowest BCUT2D eigenvalue weighted by Gasteiger charge is -2.01. The molecule has 0 amide bonds. The van der Waals surface area contributed by atoms with Gasteiger partial charge in [0.2, 0.25) is 5.13 Å². The number of hydrogen-bond acceptors (Lipinski definition) is 5. The Morgan fingerprint density at radius 2 is 1.87 bits per heavy atom. The molecule has 0 radical (unpaired) electrons. The second kappa shape index (κ2) is 7.01. The maximum Gasteiger partial charge on any atom is 0.210 e. The van der Waals surface area contributed by atoms with Crippen LogP contribution < -0.4 is 5.32 Å². The molecule has 118 valence electrons. The molecule has 3 rings (SSSR count). The minimum absolute atomic E-state index is 0.248. The van der Waals surface area contributed by atoms with E-state index >= 15 is 0 Å². The van der Waals surface area contributed by atoms with Crippen molar-refractivity contribution >= 4 is 33.9 Å². The highest BCUT2D eigenvalue weighted by atomic mass is 32.2. The van der Waals surface area contributed by atoms with Crippen LogP contribution in [0.1, 0.15) is 5.56 Å². The molecule has 1 N–H and O–H groups in total. The second-order valence-corrected chi connectivity index (χ2v) is 6.71. The molecule has 8 heteroatoms. The van der Waals surface area contributed by atoms with Crippen molar-refractivity contribution in [3.8, 4) is 0 Å². The molecule has 0 spiro atoms. The van der Waals surface area contributed by atoms with Gasteiger partial charge in [-0.3, -0.25) is 0 Å². The first kappa shape index (κ1) is 15.8. The number of rotatable bonds is 5. The smallest absolute Gasteiger partial charge is 0.210 e. The van der Waals surface area contributed by atoms with E-state index in [4.69, 9.17) is 0 Å². The summed E-state index contributed by atoms with van der Waals surface area (Å²) in [6, 6.07) is 10.1. The SMILES string of the molecule is Fc1cccc(Nc2nnc(SCc3cccc(F)c3F)s2)c1. The van der Waals surface area contributed by atoms with Crippen molar-refractivity contribution in [1.82, 2.24) is 10.2 Å². The predicted molar refractivity (Wildman–Crippen MR) is 85.5 cm³/mol. The highest BCUT2D eigenvalue weighted by molar-refractivity contribution is 8.00. The Kier molecular flexibility index (Phi) is 4.82. The van der Waals surface area contributed by atoms with Crippen LogP contribution in [0.4, 0.5) is 24.0 Å². The van der Waals surface area contributed by atoms with E-state index in [2.05, 4.69) is 15.5 Å². The van der Waals surface area contributed by atoms with Crippen LogP contribution in [0, 0.1) is 17.5 Å². The first-order chi connectivity index (χ1) is 11.1. The third-order valence-electron chi connectivity index (χ3n) is 2.87. The molecular weight excluding hydrogens is 343 g/mol. The highest BCUT2D eigenvalue weighted by Gasteiger charge is 2.10. The summed E-state index contributed by atoms with van der Waals surface area (Å²) >= 11 is 2.51. The lowest BCUT2D eigenvalue weighted by atomic mass is 10.2. The first-order valence-corrected chi connectivity index (χ1v) is 8.34. The minimum atomic E-state index is -0.867. The van der Waals surface area contributed by atoms with Gasteiger partial charge in [0.1, 0.15) is 5.82 Å². The molecule has 1 heterocycles. The standard InChI is InChI=1S/C15H10F3N3S2/c16-10-4-2-5-11(7-10)19-14-20-21-15(23-14)22-8-9-3-1-6-12(17)13(9)18/h1-7H,8H2,(H,19,20). The van der Waals surface area contributed by atoms with Crippen molar-refractivity contribution in [3.05, 3.63) is 65.5 Å². The average molecular weight is 353 g/mol. The van der Waals surface area contributed by atoms with Crippen LogP contribution in [0.15, 0.2) is 46.8 Å². The van der Waals surface area contributed by atoms with E-state index in [-0.39, 0.29) is 17.1 Å². The van der Waals surface area contributed by atoms with Crippen molar-refractivity contribution in [1.29, 1.82) is 0 Å². The third kappa shape index (κ3) is 4.02. The molecule has 0 aliphatic heterocycles. The molecule has 23 heavy (non-hydrogen) atoms. The fraction of sp³-hybridized carbons (Fsp3) is 0.0667. The molecule has 0 unspecified atom stereocenters. The van der Waals surface area contributed by atoms with Gasteiger partial charge in [-0.25, -0.2) is 13.2 Å². The van der Waals surface area contributed by atoms with E-state index in [1.54, 1.807) is 12.1 Å². The van der Waals surface area contributed by atoms with Crippen LogP contribution in [0.3, 0.4) is 0 Å². The number of benzene rings is 2. The van der Waals surface area contributed by atoms with Gasteiger partial charge in [0.05, 0.1) is 0 Å². The van der Waals surface area contributed by atoms with Crippen LogP contribution in [-0.4, -0.2) is 10.2 Å². The number of anilines is 2. The van der Waals surface area contributed by atoms with Gasteiger partial charge in [0, 0.05) is 17.0 Å². The van der Waals surface area contributed by atoms with E-state index in [0.717, 1.165) is 6.07 Å². The molecule has 0 saturated carbocycles. The van der Waals surface area contributed by atoms with Crippen LogP contribution in [-0.2, 0) is 5.75 Å². The Hall–Kier alpha value is -2.06. The van der Waals surface area contributed by atoms with Crippen molar-refractivity contribution in [2.24, 2.45) is 0 Å². The van der Waals surface area contributed by atoms with Crippen molar-refractivity contribution < 1.29 is 13.2 Å². The average Bonchev–Trinajstić information content (AvgIpc) is 2.96. The zero-order valence-corrected chi connectivity index (χ0v) is 13.2. The molecule has 1 aromatic heterocycles. The highest BCUT2D eigenvalue weighted by Crippen LogP contribution is 2.30. The summed E-state index contributed by atoms with van der Waals surface area (Å²) in [5.41, 5.74) is 0.832. The lowest BCUT2D eigenvalue weighted by molar-refractivity contribution is 0.502. The Morgan fingerprint density at radius 1 is 1.04 bits per heavy atom. The number of nitrogens with one attached hydrogen (secondary N) is 1. The van der Waals surface area contributed by atoms with Gasteiger partial charge in [-0.15, -0.1) is 10.2 Å². The number of halogens is 3. The van der Waals surface area contributed by atoms with Crippen LogP contribution >= 0.6 is 23.1 Å². The fourth-order valence-corrected chi connectivity index (χ4v) is 3.56. The van der Waals surface area contributed by atoms with Gasteiger partial charge in [-0.05, 0) is 24.3 Å². The summed E-state index contributed by atoms with van der Waals surface area (Å²) in [5, 5.41) is 11.3. The van der Waals surface area contributed by atoms with Gasteiger partial charge in [0.15, 0.2) is 16.0 Å². The number of aromatic nitrogens is 2. The normalized spacial score (nSPS) is 10.7. The minimum Gasteiger partial charge on any atom is -0.330 e. The summed E-state index contributed by atoms with van der Waals surface area (Å²) in [7, 11) is 0. The molecule has 3 aromatic rings. The molecule has 0 bridgehead atoms. The lowest BCUT2D eigenvalue weighted by Crippen LogP contribution is -1.91. The largest absolute Gasteiger partial charge is 0.330 e. The van der Waals surface area contributed by atoms with Crippen LogP contribution in [0.2, 0.25) is 0 Å². The van der Waals surface area contributed by atoms with Crippen molar-refractivity contribution in [3.63, 3.8) is 0 Å². The van der Waals surface area contributed by atoms with Gasteiger partial charge in [-0.2, -0.15) is 0 Å². The maximum atomic E-state index is 13.6. The molecule has 0 fully saturated rings. The van der Waals surface area contributed by atoms with E-state index in [1.165, 1.54) is 47.4 Å². The van der Waals surface area contributed by atoms with Gasteiger partial charge < -0.3 is 5.32 Å². The second-order valence-electron chi connectivity index (χ2n) is 4.51. The van der Waals surface area contributed by atoms with Gasteiger partial charge in [-0.1, -0.05) is 41.3 Å². The fourth-order valence-electron chi connectivity index (χ4n) is 1.81. The molecule has 3 nitrogen and oxygen atoms in total. The van der Waals surface area contributed by atoms with E-state index in [1.807, 2.05) is 0 Å². The zero-order valence-electron chi connectivity index (χ0n) is 11.6. The topological polar surface area (TPSA) is 37.8 Å². The van der Waals surface area contributed by atoms with Crippen molar-refractivity contribution in [2.75, 3.05) is 5.32 Å². The van der Waals surface area contributed by atoms with Crippen LogP contribution in [0.25, 0.3) is 0 Å². The first-order valence-electron chi connectivity index (χ1n) is 6.53. The number of thioether (sulfide) groups is 1. The number of hydrogen-bond donors (Lipinski definition) is 1. The Bertz CT molecular complexity index is 823. The molecule has 0 aliphatic carbocycles. The zero-order chi connectivity index (χ0) is 16.2. The van der Waals surface area contributed by atoms with Crippen molar-refractivity contribution in [2.45, 2.75) is 10.1 Å². The van der Waals surface area contributed by atoms with Gasteiger partial charge in [0.25, 0.3) is 0 Å². The molecular formula is C15H10F3N3S2. The summed E-state index contributed by atoms with van der Waals surface area (Å²) in [6.45, 7) is 0. The van der Waals surface area contributed by atoms with Gasteiger partial charge >= 0.3 is 0 Å². The predicted octanol–water partition coefficient (Wildman–Crippen LogP) is 4.99. The Labute approximate surface area is 138 Å². The Morgan fingerprint density at radius 3 is 2.70 bits per heavy atom. The van der Waals surface area contributed by atoms with E-state index in [0.29, 0.717) is 15.2 Å². The summed E-state index contributed by atoms with van der Waals surface area (Å²) < 4.78 is 40.4. The number of nitrogens with zero attached hydrogens (tertiary/aromatic N) is 2. The Balaban J connectivity index is 1.64. The monoisotopic (exact) mass is 353 g/mol. The summed E-state index contributed by atoms with van der Waals surface area (Å²) in [6.07, 6.45) is 0.